The summed E-state index contributed by atoms with van der Waals surface area (Å²) in [5.74, 6) is -0.281. The third-order valence-corrected chi connectivity index (χ3v) is 8.17. The van der Waals surface area contributed by atoms with Gasteiger partial charge in [0, 0.05) is 22.2 Å². The smallest absolute Gasteiger partial charge is 0.310 e. The van der Waals surface area contributed by atoms with Gasteiger partial charge in [0.25, 0.3) is 0 Å². The predicted octanol–water partition coefficient (Wildman–Crippen LogP) is 5.09. The number of unbranched alkanes of at least 4 members (excludes halogenated alkanes) is 5. The van der Waals surface area contributed by atoms with Crippen LogP contribution in [0.15, 0.2) is 0 Å². The largest absolute Gasteiger partial charge is 0.465 e. The van der Waals surface area contributed by atoms with Gasteiger partial charge >= 0.3 is 11.9 Å². The molecule has 2 unspecified atom stereocenters. The van der Waals surface area contributed by atoms with E-state index in [1.54, 1.807) is 0 Å². The minimum absolute atomic E-state index is 0.0162. The third-order valence-electron chi connectivity index (χ3n) is 8.17. The van der Waals surface area contributed by atoms with Gasteiger partial charge in [0.1, 0.15) is 0 Å². The van der Waals surface area contributed by atoms with Crippen molar-refractivity contribution in [3.63, 3.8) is 0 Å². The first-order chi connectivity index (χ1) is 15.1. The first-order valence-corrected chi connectivity index (χ1v) is 13.0. The maximum absolute atomic E-state index is 12.6. The molecule has 0 bridgehead atoms. The molecule has 0 aromatic rings. The molecule has 2 fully saturated rings. The number of hydrogen-bond donors (Lipinski definition) is 1. The summed E-state index contributed by atoms with van der Waals surface area (Å²) in [5.41, 5.74) is -0.405. The molecule has 192 valence electrons. The highest BCUT2D eigenvalue weighted by Crippen LogP contribution is 2.44. The minimum atomic E-state index is -0.219. The second kappa shape index (κ2) is 10.6. The van der Waals surface area contributed by atoms with E-state index >= 15 is 0 Å². The Morgan fingerprint density at radius 1 is 0.758 bits per heavy atom. The van der Waals surface area contributed by atoms with Crippen molar-refractivity contribution >= 4 is 11.9 Å². The van der Waals surface area contributed by atoms with Crippen molar-refractivity contribution in [1.82, 2.24) is 10.2 Å². The van der Waals surface area contributed by atoms with Gasteiger partial charge in [-0.15, -0.1) is 0 Å². The molecule has 33 heavy (non-hydrogen) atoms. The summed E-state index contributed by atoms with van der Waals surface area (Å²) in [5, 5.41) is 3.53. The number of carbonyl (C=O) groups is 2. The zero-order chi connectivity index (χ0) is 25.1. The second-order valence-electron chi connectivity index (χ2n) is 12.7. The average molecular weight is 467 g/mol. The molecule has 0 aromatic carbocycles. The number of esters is 2. The van der Waals surface area contributed by atoms with Gasteiger partial charge in [-0.1, -0.05) is 25.7 Å². The molecule has 0 amide bonds. The number of nitrogens with one attached hydrogen (secondary N) is 1. The van der Waals surface area contributed by atoms with Crippen LogP contribution in [0.25, 0.3) is 0 Å². The van der Waals surface area contributed by atoms with E-state index in [1.165, 1.54) is 0 Å². The van der Waals surface area contributed by atoms with Gasteiger partial charge in [-0.2, -0.15) is 0 Å². The highest BCUT2D eigenvalue weighted by Gasteiger charge is 2.53. The molecule has 2 aliphatic heterocycles. The van der Waals surface area contributed by atoms with Crippen LogP contribution in [0.2, 0.25) is 0 Å². The lowest BCUT2D eigenvalue weighted by atomic mass is 9.87. The molecule has 0 aliphatic carbocycles. The van der Waals surface area contributed by atoms with E-state index in [0.717, 1.165) is 51.4 Å². The predicted molar refractivity (Wildman–Crippen MR) is 133 cm³/mol. The molecule has 2 heterocycles. The van der Waals surface area contributed by atoms with Gasteiger partial charge < -0.3 is 14.8 Å². The topological polar surface area (TPSA) is 67.9 Å². The Balaban J connectivity index is 1.52. The standard InChI is InChI=1S/C27H50N2O4/c1-24(2)18-20(26(5,6)28-24)22(30)32-16-14-12-10-11-13-15-17-33-23(31)21-19-25(3,4)29(9)27(21,7)8/h20-21,28H,10-19H2,1-9H3. The van der Waals surface area contributed by atoms with Crippen molar-refractivity contribution < 1.29 is 19.1 Å². The van der Waals surface area contributed by atoms with Crippen LogP contribution in [0.5, 0.6) is 0 Å². The maximum atomic E-state index is 12.6. The van der Waals surface area contributed by atoms with Crippen molar-refractivity contribution in [3.05, 3.63) is 0 Å². The Labute approximate surface area is 202 Å². The van der Waals surface area contributed by atoms with Crippen molar-refractivity contribution in [1.29, 1.82) is 0 Å². The number of rotatable bonds is 11. The lowest BCUT2D eigenvalue weighted by molar-refractivity contribution is -0.151. The fourth-order valence-electron chi connectivity index (χ4n) is 5.88. The SMILES string of the molecule is CN1C(C)(C)CC(C(=O)OCCCCCCCCOC(=O)C2CC(C)(C)NC2(C)C)C1(C)C. The van der Waals surface area contributed by atoms with E-state index in [-0.39, 0.29) is 45.9 Å². The average Bonchev–Trinajstić information content (AvgIpc) is 3.02. The molecule has 0 saturated carbocycles. The molecule has 0 radical (unpaired) electrons. The van der Waals surface area contributed by atoms with Crippen LogP contribution in [0, 0.1) is 11.8 Å². The number of carbonyl (C=O) groups excluding carboxylic acids is 2. The molecule has 2 atom stereocenters. The summed E-state index contributed by atoms with van der Waals surface area (Å²) >= 11 is 0. The number of likely N-dealkylation sites (tertiary alicyclic amines) is 1. The highest BCUT2D eigenvalue weighted by atomic mass is 16.5. The van der Waals surface area contributed by atoms with Gasteiger partial charge in [0.05, 0.1) is 25.0 Å². The fourth-order valence-corrected chi connectivity index (χ4v) is 5.88. The van der Waals surface area contributed by atoms with Gasteiger partial charge in [0.15, 0.2) is 0 Å². The molecular formula is C27H50N2O4. The minimum Gasteiger partial charge on any atom is -0.465 e. The Bertz CT molecular complexity index is 684. The first-order valence-electron chi connectivity index (χ1n) is 13.0. The lowest BCUT2D eigenvalue weighted by Crippen LogP contribution is -2.48. The van der Waals surface area contributed by atoms with Crippen molar-refractivity contribution in [2.75, 3.05) is 20.3 Å². The molecule has 1 N–H and O–H groups in total. The molecule has 2 aliphatic rings. The molecule has 6 heteroatoms. The zero-order valence-electron chi connectivity index (χ0n) is 22.8. The van der Waals surface area contributed by atoms with Crippen LogP contribution in [-0.4, -0.2) is 59.3 Å². The normalized spacial score (nSPS) is 27.4. The van der Waals surface area contributed by atoms with E-state index in [2.05, 4.69) is 72.7 Å². The van der Waals surface area contributed by atoms with Crippen LogP contribution in [0.1, 0.15) is 107 Å². The highest BCUT2D eigenvalue weighted by molar-refractivity contribution is 5.75. The number of ether oxygens (including phenoxy) is 2. The molecule has 2 saturated heterocycles. The Morgan fingerprint density at radius 3 is 1.61 bits per heavy atom. The summed E-state index contributed by atoms with van der Waals surface area (Å²) in [6, 6.07) is 0. The number of hydrogen-bond acceptors (Lipinski definition) is 6. The Kier molecular flexibility index (Phi) is 9.06. The number of nitrogens with zero attached hydrogens (tertiary/aromatic N) is 1. The van der Waals surface area contributed by atoms with Crippen molar-refractivity contribution in [2.24, 2.45) is 11.8 Å². The maximum Gasteiger partial charge on any atom is 0.310 e. The van der Waals surface area contributed by atoms with E-state index in [1.807, 2.05) is 0 Å². The quantitative estimate of drug-likeness (QED) is 0.338. The van der Waals surface area contributed by atoms with Crippen LogP contribution in [0.4, 0.5) is 0 Å². The van der Waals surface area contributed by atoms with Crippen molar-refractivity contribution in [3.8, 4) is 0 Å². The van der Waals surface area contributed by atoms with Gasteiger partial charge in [-0.3, -0.25) is 14.5 Å². The third kappa shape index (κ3) is 7.17. The van der Waals surface area contributed by atoms with Crippen LogP contribution < -0.4 is 5.32 Å². The van der Waals surface area contributed by atoms with E-state index < -0.39 is 0 Å². The lowest BCUT2D eigenvalue weighted by Gasteiger charge is -2.37. The van der Waals surface area contributed by atoms with Crippen LogP contribution in [-0.2, 0) is 19.1 Å². The van der Waals surface area contributed by atoms with Gasteiger partial charge in [-0.05, 0) is 88.1 Å². The summed E-state index contributed by atoms with van der Waals surface area (Å²) < 4.78 is 11.2. The summed E-state index contributed by atoms with van der Waals surface area (Å²) in [7, 11) is 2.10. The van der Waals surface area contributed by atoms with E-state index in [4.69, 9.17) is 9.47 Å². The van der Waals surface area contributed by atoms with Crippen LogP contribution >= 0.6 is 0 Å². The molecule has 0 spiro atoms. The Morgan fingerprint density at radius 2 is 1.21 bits per heavy atom. The molecule has 0 aromatic heterocycles. The monoisotopic (exact) mass is 466 g/mol. The summed E-state index contributed by atoms with van der Waals surface area (Å²) in [6.07, 6.45) is 7.82. The summed E-state index contributed by atoms with van der Waals surface area (Å²) in [4.78, 5) is 27.4. The van der Waals surface area contributed by atoms with Gasteiger partial charge in [0.2, 0.25) is 0 Å². The fraction of sp³-hybridized carbons (Fsp3) is 0.926. The summed E-state index contributed by atoms with van der Waals surface area (Å²) in [6.45, 7) is 18.1. The van der Waals surface area contributed by atoms with Crippen LogP contribution in [0.3, 0.4) is 0 Å². The van der Waals surface area contributed by atoms with Crippen molar-refractivity contribution in [2.45, 2.75) is 129 Å². The molecule has 2 rings (SSSR count). The molecule has 6 nitrogen and oxygen atoms in total. The van der Waals surface area contributed by atoms with E-state index in [9.17, 15) is 9.59 Å². The second-order valence-corrected chi connectivity index (χ2v) is 12.7. The molecular weight excluding hydrogens is 416 g/mol. The zero-order valence-corrected chi connectivity index (χ0v) is 22.8. The van der Waals surface area contributed by atoms with Gasteiger partial charge in [-0.25, -0.2) is 0 Å². The first kappa shape index (κ1) is 28.1. The van der Waals surface area contributed by atoms with E-state index in [0.29, 0.717) is 13.2 Å². The Hall–Kier alpha value is -1.14.